The van der Waals surface area contributed by atoms with E-state index in [0.29, 0.717) is 34.9 Å². The highest BCUT2D eigenvalue weighted by molar-refractivity contribution is 6.01. The molecule has 1 fully saturated rings. The number of nitrogens with zero attached hydrogens (tertiary/aromatic N) is 4. The van der Waals surface area contributed by atoms with Crippen LogP contribution in [-0.2, 0) is 4.79 Å². The van der Waals surface area contributed by atoms with Crippen LogP contribution in [0.4, 0.5) is 23.0 Å². The van der Waals surface area contributed by atoms with Crippen LogP contribution in [0, 0.1) is 0 Å². The van der Waals surface area contributed by atoms with Crippen molar-refractivity contribution in [3.8, 4) is 11.1 Å². The highest BCUT2D eigenvalue weighted by atomic mass is 16.3. The van der Waals surface area contributed by atoms with Gasteiger partial charge in [0.25, 0.3) is 5.91 Å². The van der Waals surface area contributed by atoms with Crippen molar-refractivity contribution in [3.63, 3.8) is 0 Å². The normalized spacial score (nSPS) is 14.0. The monoisotopic (exact) mass is 565 g/mol. The third kappa shape index (κ3) is 6.73. The van der Waals surface area contributed by atoms with Crippen molar-refractivity contribution in [2.75, 3.05) is 48.3 Å². The van der Waals surface area contributed by atoms with Gasteiger partial charge >= 0.3 is 0 Å². The Morgan fingerprint density at radius 2 is 1.83 bits per heavy atom. The van der Waals surface area contributed by atoms with E-state index in [1.54, 1.807) is 12.3 Å². The fourth-order valence-electron chi connectivity index (χ4n) is 5.18. The smallest absolute Gasteiger partial charge is 0.250 e. The van der Waals surface area contributed by atoms with Gasteiger partial charge in [0.1, 0.15) is 0 Å². The predicted molar refractivity (Wildman–Crippen MR) is 167 cm³/mol. The zero-order valence-corrected chi connectivity index (χ0v) is 23.8. The van der Waals surface area contributed by atoms with E-state index >= 15 is 0 Å². The molecule has 42 heavy (non-hydrogen) atoms. The van der Waals surface area contributed by atoms with Gasteiger partial charge in [-0.25, -0.2) is 9.97 Å². The van der Waals surface area contributed by atoms with Crippen LogP contribution >= 0.6 is 0 Å². The van der Waals surface area contributed by atoms with Crippen molar-refractivity contribution in [2.45, 2.75) is 19.4 Å². The molecule has 2 amide bonds. The molecular weight excluding hydrogens is 530 g/mol. The summed E-state index contributed by atoms with van der Waals surface area (Å²) < 4.78 is 0. The van der Waals surface area contributed by atoms with Gasteiger partial charge in [-0.1, -0.05) is 36.9 Å². The molecule has 0 aliphatic carbocycles. The lowest BCUT2D eigenvalue weighted by Crippen LogP contribution is -2.50. The Morgan fingerprint density at radius 1 is 1.07 bits per heavy atom. The summed E-state index contributed by atoms with van der Waals surface area (Å²) in [4.78, 5) is 38.0. The Balaban J connectivity index is 1.39. The van der Waals surface area contributed by atoms with Gasteiger partial charge in [0.15, 0.2) is 0 Å². The number of amides is 2. The number of fused-ring (bicyclic) bond motifs is 1. The molecule has 5 N–H and O–H groups in total. The molecule has 1 aromatic heterocycles. The molecule has 1 saturated heterocycles. The molecule has 0 spiro atoms. The number of carbonyl (C=O) groups excluding carboxylic acids is 2. The lowest BCUT2D eigenvalue weighted by atomic mass is 10.0. The Labute approximate surface area is 244 Å². The van der Waals surface area contributed by atoms with Crippen molar-refractivity contribution >= 4 is 45.7 Å². The number of carbonyl (C=O) groups is 2. The molecule has 0 unspecified atom stereocenters. The zero-order chi connectivity index (χ0) is 29.9. The first kappa shape index (κ1) is 28.7. The van der Waals surface area contributed by atoms with Crippen LogP contribution in [-0.4, -0.2) is 70.1 Å². The summed E-state index contributed by atoms with van der Waals surface area (Å²) in [5.41, 5.74) is 9.90. The Kier molecular flexibility index (Phi) is 8.19. The van der Waals surface area contributed by atoms with Gasteiger partial charge in [0.2, 0.25) is 11.9 Å². The van der Waals surface area contributed by atoms with Crippen molar-refractivity contribution in [3.05, 3.63) is 85.1 Å². The van der Waals surface area contributed by atoms with Crippen molar-refractivity contribution in [1.82, 2.24) is 14.9 Å². The number of nitrogens with one attached hydrogen (secondary N) is 2. The SMILES string of the molecule is C=CC(=O)Nc1cccc(-c2cccc3cnc(Nc4ccc(N5CCN(CC(C)(C)O)CC5)cc4C(N)=O)nc23)c1. The third-order valence-electron chi connectivity index (χ3n) is 7.10. The number of primary amides is 1. The summed E-state index contributed by atoms with van der Waals surface area (Å²) in [6.07, 6.45) is 2.95. The second-order valence-electron chi connectivity index (χ2n) is 11.0. The number of rotatable bonds is 9. The summed E-state index contributed by atoms with van der Waals surface area (Å²) in [7, 11) is 0. The van der Waals surface area contributed by atoms with Crippen LogP contribution in [0.2, 0.25) is 0 Å². The molecule has 1 aliphatic heterocycles. The molecule has 2 heterocycles. The Morgan fingerprint density at radius 3 is 2.55 bits per heavy atom. The lowest BCUT2D eigenvalue weighted by Gasteiger charge is -2.38. The van der Waals surface area contributed by atoms with E-state index < -0.39 is 11.5 Å². The standard InChI is InChI=1S/C32H35N7O3/c1-4-28(40)35-23-9-5-7-21(17-23)25-10-6-8-22-19-34-31(37-29(22)25)36-27-12-11-24(18-26(27)30(33)41)39-15-13-38(14-16-39)20-32(2,3)42/h4-12,17-19,42H,1,13-16,20H2,2-3H3,(H2,33,41)(H,35,40)(H,34,36,37). The summed E-state index contributed by atoms with van der Waals surface area (Å²) >= 11 is 0. The van der Waals surface area contributed by atoms with Gasteiger partial charge in [0, 0.05) is 61.2 Å². The maximum Gasteiger partial charge on any atom is 0.250 e. The van der Waals surface area contributed by atoms with Crippen LogP contribution in [0.5, 0.6) is 0 Å². The predicted octanol–water partition coefficient (Wildman–Crippen LogP) is 4.16. The van der Waals surface area contributed by atoms with E-state index in [9.17, 15) is 14.7 Å². The first-order valence-corrected chi connectivity index (χ1v) is 13.8. The first-order valence-electron chi connectivity index (χ1n) is 13.8. The molecule has 216 valence electrons. The molecular formula is C32H35N7O3. The van der Waals surface area contributed by atoms with Gasteiger partial charge in [0.05, 0.1) is 22.4 Å². The molecule has 5 rings (SSSR count). The van der Waals surface area contributed by atoms with Crippen LogP contribution in [0.3, 0.4) is 0 Å². The summed E-state index contributed by atoms with van der Waals surface area (Å²) in [6.45, 7) is 10.9. The maximum absolute atomic E-state index is 12.5. The van der Waals surface area contributed by atoms with Crippen molar-refractivity contribution in [1.29, 1.82) is 0 Å². The van der Waals surface area contributed by atoms with E-state index in [4.69, 9.17) is 10.7 Å². The summed E-state index contributed by atoms with van der Waals surface area (Å²) in [5.74, 6) is -0.524. The average Bonchev–Trinajstić information content (AvgIpc) is 2.96. The van der Waals surface area contributed by atoms with Crippen molar-refractivity contribution in [2.24, 2.45) is 5.73 Å². The highest BCUT2D eigenvalue weighted by Crippen LogP contribution is 2.31. The van der Waals surface area contributed by atoms with E-state index in [-0.39, 0.29) is 5.91 Å². The summed E-state index contributed by atoms with van der Waals surface area (Å²) in [6, 6.07) is 18.9. The second kappa shape index (κ2) is 12.0. The van der Waals surface area contributed by atoms with Gasteiger partial charge in [-0.2, -0.15) is 0 Å². The fraction of sp³-hybridized carbons (Fsp3) is 0.250. The van der Waals surface area contributed by atoms with Crippen LogP contribution < -0.4 is 21.3 Å². The molecule has 0 atom stereocenters. The van der Waals surface area contributed by atoms with E-state index in [0.717, 1.165) is 48.4 Å². The third-order valence-corrected chi connectivity index (χ3v) is 7.10. The summed E-state index contributed by atoms with van der Waals surface area (Å²) in [5, 5.41) is 17.0. The fourth-order valence-corrected chi connectivity index (χ4v) is 5.18. The van der Waals surface area contributed by atoms with Crippen molar-refractivity contribution < 1.29 is 14.7 Å². The largest absolute Gasteiger partial charge is 0.389 e. The Bertz CT molecular complexity index is 1640. The van der Waals surface area contributed by atoms with Gasteiger partial charge in [-0.3, -0.25) is 14.5 Å². The maximum atomic E-state index is 12.5. The number of aromatic nitrogens is 2. The Hall–Kier alpha value is -4.80. The number of hydrogen-bond acceptors (Lipinski definition) is 8. The number of piperazine rings is 1. The van der Waals surface area contributed by atoms with Crippen LogP contribution in [0.25, 0.3) is 22.0 Å². The molecule has 3 aromatic carbocycles. The van der Waals surface area contributed by atoms with E-state index in [1.165, 1.54) is 6.08 Å². The highest BCUT2D eigenvalue weighted by Gasteiger charge is 2.24. The first-order chi connectivity index (χ1) is 20.1. The molecule has 0 radical (unpaired) electrons. The topological polar surface area (TPSA) is 137 Å². The number of aliphatic hydroxyl groups is 1. The molecule has 0 saturated carbocycles. The quantitative estimate of drug-likeness (QED) is 0.222. The van der Waals surface area contributed by atoms with Gasteiger partial charge < -0.3 is 26.4 Å². The number of nitrogens with two attached hydrogens (primary N) is 1. The molecule has 10 heteroatoms. The lowest BCUT2D eigenvalue weighted by molar-refractivity contribution is -0.111. The van der Waals surface area contributed by atoms with Gasteiger partial charge in [-0.15, -0.1) is 0 Å². The van der Waals surface area contributed by atoms with Gasteiger partial charge in [-0.05, 0) is 55.8 Å². The molecule has 0 bridgehead atoms. The number of β-amino-alcohol motifs (C(OH)–C–C–N with tert-alkyl or cyclic N) is 1. The zero-order valence-electron chi connectivity index (χ0n) is 23.8. The second-order valence-corrected chi connectivity index (χ2v) is 11.0. The minimum Gasteiger partial charge on any atom is -0.389 e. The van der Waals surface area contributed by atoms with Crippen LogP contribution in [0.15, 0.2) is 79.5 Å². The van der Waals surface area contributed by atoms with E-state index in [2.05, 4.69) is 32.0 Å². The van der Waals surface area contributed by atoms with Crippen LogP contribution in [0.1, 0.15) is 24.2 Å². The minimum atomic E-state index is -0.743. The number of para-hydroxylation sites is 1. The van der Waals surface area contributed by atoms with E-state index in [1.807, 2.05) is 68.4 Å². The number of benzene rings is 3. The average molecular weight is 566 g/mol. The molecule has 10 nitrogen and oxygen atoms in total. The molecule has 4 aromatic rings. The molecule has 1 aliphatic rings. The number of hydrogen-bond donors (Lipinski definition) is 4. The minimum absolute atomic E-state index is 0.289. The number of anilines is 4.